The van der Waals surface area contributed by atoms with Crippen molar-refractivity contribution in [3.8, 4) is 6.07 Å². The summed E-state index contributed by atoms with van der Waals surface area (Å²) in [6.45, 7) is 0.467. The maximum atomic E-state index is 8.66. The topological polar surface area (TPSA) is 45.4 Å². The molecule has 1 aromatic carbocycles. The summed E-state index contributed by atoms with van der Waals surface area (Å²) in [4.78, 5) is 5.24. The third kappa shape index (κ3) is 3.60. The Hall–Kier alpha value is -1.82. The van der Waals surface area contributed by atoms with E-state index in [-0.39, 0.29) is 0 Å². The van der Waals surface area contributed by atoms with Crippen molar-refractivity contribution in [3.05, 3.63) is 35.4 Å². The van der Waals surface area contributed by atoms with E-state index in [4.69, 9.17) is 10.1 Å². The van der Waals surface area contributed by atoms with Crippen molar-refractivity contribution >= 4 is 6.21 Å². The zero-order valence-corrected chi connectivity index (χ0v) is 9.80. The third-order valence-electron chi connectivity index (χ3n) is 3.06. The number of oxime groups is 1. The molecule has 88 valence electrons. The quantitative estimate of drug-likeness (QED) is 0.586. The summed E-state index contributed by atoms with van der Waals surface area (Å²) < 4.78 is 0. The number of rotatable bonds is 4. The van der Waals surface area contributed by atoms with Crippen molar-refractivity contribution in [3.63, 3.8) is 0 Å². The average molecular weight is 228 g/mol. The maximum absolute atomic E-state index is 8.66. The van der Waals surface area contributed by atoms with Crippen LogP contribution in [0.25, 0.3) is 0 Å². The average Bonchev–Trinajstić information content (AvgIpc) is 2.88. The second-order valence-electron chi connectivity index (χ2n) is 4.38. The Morgan fingerprint density at radius 3 is 2.65 bits per heavy atom. The van der Waals surface area contributed by atoms with Gasteiger partial charge in [0.1, 0.15) is 6.61 Å². The molecule has 1 aromatic rings. The van der Waals surface area contributed by atoms with Gasteiger partial charge in [0.2, 0.25) is 0 Å². The Bertz CT molecular complexity index is 411. The fourth-order valence-corrected chi connectivity index (χ4v) is 2.02. The molecule has 1 fully saturated rings. The van der Waals surface area contributed by atoms with Gasteiger partial charge >= 0.3 is 0 Å². The summed E-state index contributed by atoms with van der Waals surface area (Å²) in [5, 5.41) is 12.7. The number of nitriles is 1. The number of benzene rings is 1. The molecule has 0 bridgehead atoms. The summed E-state index contributed by atoms with van der Waals surface area (Å²) in [5.74, 6) is 0.607. The van der Waals surface area contributed by atoms with E-state index in [1.54, 1.807) is 12.1 Å². The molecule has 0 aliphatic heterocycles. The third-order valence-corrected chi connectivity index (χ3v) is 3.06. The van der Waals surface area contributed by atoms with Crippen LogP contribution in [0.3, 0.4) is 0 Å². The SMILES string of the molecule is N#Cc1ccc(CON=CC2CCCC2)cc1. The molecule has 0 aromatic heterocycles. The molecule has 0 N–H and O–H groups in total. The molecule has 1 aliphatic rings. The van der Waals surface area contributed by atoms with Gasteiger partial charge in [-0.2, -0.15) is 5.26 Å². The smallest absolute Gasteiger partial charge is 0.142 e. The first-order valence-corrected chi connectivity index (χ1v) is 6.03. The normalized spacial score (nSPS) is 16.2. The van der Waals surface area contributed by atoms with Crippen LogP contribution < -0.4 is 0 Å². The standard InChI is InChI=1S/C14H16N2O/c15-9-12-5-7-14(8-6-12)11-17-16-10-13-3-1-2-4-13/h5-8,10,13H,1-4,11H2. The highest BCUT2D eigenvalue weighted by molar-refractivity contribution is 5.60. The van der Waals surface area contributed by atoms with Gasteiger partial charge in [0.15, 0.2) is 0 Å². The van der Waals surface area contributed by atoms with Crippen LogP contribution in [0.15, 0.2) is 29.4 Å². The highest BCUT2D eigenvalue weighted by Crippen LogP contribution is 2.22. The largest absolute Gasteiger partial charge is 0.391 e. The predicted octanol–water partition coefficient (Wildman–Crippen LogP) is 3.25. The maximum Gasteiger partial charge on any atom is 0.142 e. The molecule has 1 aliphatic carbocycles. The molecule has 0 spiro atoms. The van der Waals surface area contributed by atoms with Gasteiger partial charge < -0.3 is 4.84 Å². The van der Waals surface area contributed by atoms with Gasteiger partial charge in [0, 0.05) is 6.21 Å². The highest BCUT2D eigenvalue weighted by atomic mass is 16.6. The molecule has 0 amide bonds. The van der Waals surface area contributed by atoms with Crippen molar-refractivity contribution in [1.82, 2.24) is 0 Å². The minimum atomic E-state index is 0.467. The molecular weight excluding hydrogens is 212 g/mol. The summed E-state index contributed by atoms with van der Waals surface area (Å²) in [6.07, 6.45) is 7.03. The first kappa shape index (κ1) is 11.7. The lowest BCUT2D eigenvalue weighted by Gasteiger charge is -2.01. The van der Waals surface area contributed by atoms with Crippen molar-refractivity contribution in [2.45, 2.75) is 32.3 Å². The van der Waals surface area contributed by atoms with Crippen LogP contribution in [-0.4, -0.2) is 6.21 Å². The van der Waals surface area contributed by atoms with E-state index in [9.17, 15) is 0 Å². The molecule has 0 radical (unpaired) electrons. The van der Waals surface area contributed by atoms with Gasteiger partial charge in [-0.1, -0.05) is 30.1 Å². The summed E-state index contributed by atoms with van der Waals surface area (Å²) in [7, 11) is 0. The van der Waals surface area contributed by atoms with Gasteiger partial charge in [0.05, 0.1) is 11.6 Å². The van der Waals surface area contributed by atoms with Gasteiger partial charge in [-0.15, -0.1) is 0 Å². The van der Waals surface area contributed by atoms with Crippen LogP contribution in [0.2, 0.25) is 0 Å². The molecule has 3 heteroatoms. The van der Waals surface area contributed by atoms with Crippen molar-refractivity contribution in [2.24, 2.45) is 11.1 Å². The van der Waals surface area contributed by atoms with Crippen molar-refractivity contribution in [2.75, 3.05) is 0 Å². The monoisotopic (exact) mass is 228 g/mol. The molecule has 3 nitrogen and oxygen atoms in total. The zero-order valence-electron chi connectivity index (χ0n) is 9.80. The Morgan fingerprint density at radius 2 is 2.00 bits per heavy atom. The predicted molar refractivity (Wildman–Crippen MR) is 66.4 cm³/mol. The Morgan fingerprint density at radius 1 is 1.29 bits per heavy atom. The highest BCUT2D eigenvalue weighted by Gasteiger charge is 2.12. The van der Waals surface area contributed by atoms with Crippen LogP contribution in [-0.2, 0) is 11.4 Å². The Labute approximate surface area is 102 Å². The second-order valence-corrected chi connectivity index (χ2v) is 4.38. The van der Waals surface area contributed by atoms with E-state index in [0.29, 0.717) is 18.1 Å². The molecule has 1 saturated carbocycles. The van der Waals surface area contributed by atoms with Crippen LogP contribution in [0, 0.1) is 17.2 Å². The van der Waals surface area contributed by atoms with Gasteiger partial charge in [-0.3, -0.25) is 0 Å². The second kappa shape index (κ2) is 6.05. The lowest BCUT2D eigenvalue weighted by Crippen LogP contribution is -1.95. The van der Waals surface area contributed by atoms with Gasteiger partial charge in [-0.05, 0) is 36.5 Å². The Kier molecular flexibility index (Phi) is 4.15. The molecule has 0 unspecified atom stereocenters. The van der Waals surface area contributed by atoms with E-state index in [1.165, 1.54) is 25.7 Å². The minimum absolute atomic E-state index is 0.467. The fraction of sp³-hybridized carbons (Fsp3) is 0.429. The van der Waals surface area contributed by atoms with Crippen LogP contribution in [0.4, 0.5) is 0 Å². The van der Waals surface area contributed by atoms with E-state index < -0.39 is 0 Å². The molecule has 0 heterocycles. The number of hydrogen-bond acceptors (Lipinski definition) is 3. The van der Waals surface area contributed by atoms with E-state index in [0.717, 1.165) is 5.56 Å². The zero-order chi connectivity index (χ0) is 11.9. The van der Waals surface area contributed by atoms with E-state index >= 15 is 0 Å². The summed E-state index contributed by atoms with van der Waals surface area (Å²) in [5.41, 5.74) is 1.70. The Balaban J connectivity index is 1.75. The molecule has 0 atom stereocenters. The van der Waals surface area contributed by atoms with Crippen LogP contribution >= 0.6 is 0 Å². The molecule has 0 saturated heterocycles. The fourth-order valence-electron chi connectivity index (χ4n) is 2.02. The lowest BCUT2D eigenvalue weighted by molar-refractivity contribution is 0.130. The van der Waals surface area contributed by atoms with Crippen LogP contribution in [0.1, 0.15) is 36.8 Å². The first-order valence-electron chi connectivity index (χ1n) is 6.03. The van der Waals surface area contributed by atoms with Crippen LogP contribution in [0.5, 0.6) is 0 Å². The van der Waals surface area contributed by atoms with Gasteiger partial charge in [0.25, 0.3) is 0 Å². The van der Waals surface area contributed by atoms with Crippen molar-refractivity contribution in [1.29, 1.82) is 5.26 Å². The summed E-state index contributed by atoms with van der Waals surface area (Å²) >= 11 is 0. The number of nitrogens with zero attached hydrogens (tertiary/aromatic N) is 2. The molecule has 17 heavy (non-hydrogen) atoms. The molecule has 2 rings (SSSR count). The van der Waals surface area contributed by atoms with E-state index in [1.807, 2.05) is 18.3 Å². The van der Waals surface area contributed by atoms with Crippen molar-refractivity contribution < 1.29 is 4.84 Å². The van der Waals surface area contributed by atoms with E-state index in [2.05, 4.69) is 11.2 Å². The summed E-state index contributed by atoms with van der Waals surface area (Å²) in [6, 6.07) is 9.46. The molecular formula is C14H16N2O. The minimum Gasteiger partial charge on any atom is -0.391 e. The van der Waals surface area contributed by atoms with Gasteiger partial charge in [-0.25, -0.2) is 0 Å². The number of hydrogen-bond donors (Lipinski definition) is 0. The lowest BCUT2D eigenvalue weighted by atomic mass is 10.1. The first-order chi connectivity index (χ1) is 8.38.